The zero-order valence-corrected chi connectivity index (χ0v) is 13.9. The van der Waals surface area contributed by atoms with Gasteiger partial charge in [-0.2, -0.15) is 0 Å². The van der Waals surface area contributed by atoms with Gasteiger partial charge < -0.3 is 5.32 Å². The van der Waals surface area contributed by atoms with Crippen LogP contribution in [0.15, 0.2) is 28.7 Å². The second-order valence-electron chi connectivity index (χ2n) is 4.10. The first kappa shape index (κ1) is 15.3. The van der Waals surface area contributed by atoms with Crippen molar-refractivity contribution in [3.63, 3.8) is 0 Å². The predicted molar refractivity (Wildman–Crippen MR) is 83.9 cm³/mol. The minimum Gasteiger partial charge on any atom is -0.313 e. The Morgan fingerprint density at radius 3 is 2.58 bits per heavy atom. The lowest BCUT2D eigenvalue weighted by atomic mass is 10.0. The molecule has 2 rings (SSSR count). The van der Waals surface area contributed by atoms with E-state index in [0.29, 0.717) is 15.1 Å². The van der Waals surface area contributed by atoms with Crippen molar-refractivity contribution in [1.82, 2.24) is 5.32 Å². The summed E-state index contributed by atoms with van der Waals surface area (Å²) < 4.78 is 15.4. The number of thiophene rings is 1. The first-order valence-electron chi connectivity index (χ1n) is 5.56. The molecule has 1 heterocycles. The van der Waals surface area contributed by atoms with Crippen molar-refractivity contribution < 1.29 is 4.39 Å². The van der Waals surface area contributed by atoms with E-state index in [-0.39, 0.29) is 11.9 Å². The van der Waals surface area contributed by atoms with Crippen LogP contribution >= 0.6 is 50.5 Å². The van der Waals surface area contributed by atoms with Crippen LogP contribution in [0.3, 0.4) is 0 Å². The number of hydrogen-bond donors (Lipinski definition) is 1. The molecule has 1 atom stereocenters. The van der Waals surface area contributed by atoms with Crippen molar-refractivity contribution in [2.24, 2.45) is 0 Å². The van der Waals surface area contributed by atoms with Crippen LogP contribution in [0.2, 0.25) is 8.67 Å². The molecular weight excluding hydrogens is 372 g/mol. The molecule has 0 aliphatic rings. The Labute approximate surface area is 133 Å². The summed E-state index contributed by atoms with van der Waals surface area (Å²) in [6.45, 7) is 0. The van der Waals surface area contributed by atoms with Crippen molar-refractivity contribution in [1.29, 1.82) is 0 Å². The van der Waals surface area contributed by atoms with Gasteiger partial charge in [-0.05, 0) is 43.3 Å². The standard InChI is InChI=1S/C13H11BrCl2FNS/c1-18-11(10-6-12(15)19-13(10)16)4-7-2-8(14)5-9(17)3-7/h2-3,5-6,11,18H,4H2,1H3. The minimum absolute atomic E-state index is 0.00458. The van der Waals surface area contributed by atoms with Crippen molar-refractivity contribution in [2.45, 2.75) is 12.5 Å². The summed E-state index contributed by atoms with van der Waals surface area (Å²) in [7, 11) is 1.85. The molecule has 1 aromatic carbocycles. The number of halogens is 4. The van der Waals surface area contributed by atoms with E-state index in [0.717, 1.165) is 15.6 Å². The lowest BCUT2D eigenvalue weighted by Crippen LogP contribution is -2.18. The fourth-order valence-electron chi connectivity index (χ4n) is 1.92. The molecule has 0 fully saturated rings. The van der Waals surface area contributed by atoms with Gasteiger partial charge in [-0.15, -0.1) is 11.3 Å². The van der Waals surface area contributed by atoms with Crippen molar-refractivity contribution in [3.05, 3.63) is 54.4 Å². The summed E-state index contributed by atoms with van der Waals surface area (Å²) in [5.74, 6) is -0.256. The fourth-order valence-corrected chi connectivity index (χ4v) is 4.01. The first-order valence-corrected chi connectivity index (χ1v) is 7.93. The van der Waals surface area contributed by atoms with Gasteiger partial charge in [0.05, 0.1) is 8.67 Å². The van der Waals surface area contributed by atoms with Crippen LogP contribution in [0.1, 0.15) is 17.2 Å². The topological polar surface area (TPSA) is 12.0 Å². The zero-order chi connectivity index (χ0) is 14.0. The molecule has 0 amide bonds. The van der Waals surface area contributed by atoms with Gasteiger partial charge in [0.1, 0.15) is 5.82 Å². The van der Waals surface area contributed by atoms with Crippen molar-refractivity contribution >= 4 is 50.5 Å². The molecule has 0 aliphatic carbocycles. The molecule has 1 nitrogen and oxygen atoms in total. The van der Waals surface area contributed by atoms with Crippen LogP contribution in [-0.4, -0.2) is 7.05 Å². The summed E-state index contributed by atoms with van der Waals surface area (Å²) in [4.78, 5) is 0. The van der Waals surface area contributed by atoms with Gasteiger partial charge in [-0.25, -0.2) is 4.39 Å². The lowest BCUT2D eigenvalue weighted by Gasteiger charge is -2.16. The Morgan fingerprint density at radius 2 is 2.05 bits per heavy atom. The highest BCUT2D eigenvalue weighted by Gasteiger charge is 2.17. The summed E-state index contributed by atoms with van der Waals surface area (Å²) in [5.41, 5.74) is 1.84. The average molecular weight is 383 g/mol. The van der Waals surface area contributed by atoms with Gasteiger partial charge in [0.15, 0.2) is 0 Å². The molecule has 2 aromatic rings. The third-order valence-electron chi connectivity index (χ3n) is 2.77. The highest BCUT2D eigenvalue weighted by Crippen LogP contribution is 2.36. The van der Waals surface area contributed by atoms with Crippen molar-refractivity contribution in [3.8, 4) is 0 Å². The van der Waals surface area contributed by atoms with E-state index in [4.69, 9.17) is 23.2 Å². The zero-order valence-electron chi connectivity index (χ0n) is 10.0. The smallest absolute Gasteiger partial charge is 0.124 e. The molecule has 0 aliphatic heterocycles. The molecule has 1 N–H and O–H groups in total. The maximum atomic E-state index is 13.4. The lowest BCUT2D eigenvalue weighted by molar-refractivity contribution is 0.585. The highest BCUT2D eigenvalue weighted by atomic mass is 79.9. The van der Waals surface area contributed by atoms with E-state index in [9.17, 15) is 4.39 Å². The van der Waals surface area contributed by atoms with E-state index in [1.54, 1.807) is 0 Å². The quantitative estimate of drug-likeness (QED) is 0.740. The van der Waals surface area contributed by atoms with Crippen molar-refractivity contribution in [2.75, 3.05) is 7.05 Å². The Balaban J connectivity index is 2.26. The highest BCUT2D eigenvalue weighted by molar-refractivity contribution is 9.10. The Bertz CT molecular complexity index is 568. The largest absolute Gasteiger partial charge is 0.313 e. The van der Waals surface area contributed by atoms with Crippen LogP contribution in [0.4, 0.5) is 4.39 Å². The van der Waals surface area contributed by atoms with Gasteiger partial charge in [-0.3, -0.25) is 0 Å². The van der Waals surface area contributed by atoms with E-state index in [1.165, 1.54) is 23.5 Å². The Morgan fingerprint density at radius 1 is 1.32 bits per heavy atom. The van der Waals surface area contributed by atoms with Gasteiger partial charge in [-0.1, -0.05) is 39.1 Å². The number of benzene rings is 1. The van der Waals surface area contributed by atoms with Crippen LogP contribution in [-0.2, 0) is 6.42 Å². The van der Waals surface area contributed by atoms with Crippen LogP contribution in [0.5, 0.6) is 0 Å². The van der Waals surface area contributed by atoms with Crippen LogP contribution in [0, 0.1) is 5.82 Å². The molecular formula is C13H11BrCl2FNS. The number of likely N-dealkylation sites (N-methyl/N-ethyl adjacent to an activating group) is 1. The first-order chi connectivity index (χ1) is 8.99. The summed E-state index contributed by atoms with van der Waals surface area (Å²) in [6, 6.07) is 6.72. The van der Waals surface area contributed by atoms with Gasteiger partial charge in [0, 0.05) is 16.1 Å². The maximum Gasteiger partial charge on any atom is 0.124 e. The normalized spacial score (nSPS) is 12.7. The van der Waals surface area contributed by atoms with Gasteiger partial charge >= 0.3 is 0 Å². The Kier molecular flexibility index (Phi) is 5.26. The van der Waals surface area contributed by atoms with Crippen LogP contribution in [0.25, 0.3) is 0 Å². The molecule has 102 valence electrons. The van der Waals surface area contributed by atoms with Gasteiger partial charge in [0.2, 0.25) is 0 Å². The summed E-state index contributed by atoms with van der Waals surface area (Å²) >= 11 is 16.7. The van der Waals surface area contributed by atoms with Crippen LogP contribution < -0.4 is 5.32 Å². The number of hydrogen-bond acceptors (Lipinski definition) is 2. The molecule has 0 bridgehead atoms. The molecule has 0 saturated carbocycles. The van der Waals surface area contributed by atoms with Gasteiger partial charge in [0.25, 0.3) is 0 Å². The SMILES string of the molecule is CNC(Cc1cc(F)cc(Br)c1)c1cc(Cl)sc1Cl. The van der Waals surface area contributed by atoms with E-state index >= 15 is 0 Å². The summed E-state index contributed by atoms with van der Waals surface area (Å²) in [6.07, 6.45) is 0.639. The second kappa shape index (κ2) is 6.55. The third kappa shape index (κ3) is 3.92. The molecule has 0 radical (unpaired) electrons. The third-order valence-corrected chi connectivity index (χ3v) is 4.74. The summed E-state index contributed by atoms with van der Waals surface area (Å²) in [5, 5.41) is 3.19. The maximum absolute atomic E-state index is 13.4. The number of rotatable bonds is 4. The second-order valence-corrected chi connectivity index (χ2v) is 7.30. The van der Waals surface area contributed by atoms with E-state index in [2.05, 4.69) is 21.2 Å². The predicted octanol–water partition coefficient (Wildman–Crippen LogP) is 5.46. The molecule has 6 heteroatoms. The molecule has 1 aromatic heterocycles. The Hall–Kier alpha value is -0.130. The number of nitrogens with one attached hydrogen (secondary N) is 1. The van der Waals surface area contributed by atoms with E-state index < -0.39 is 0 Å². The molecule has 0 spiro atoms. The monoisotopic (exact) mass is 381 g/mol. The fraction of sp³-hybridized carbons (Fsp3) is 0.231. The average Bonchev–Trinajstić information content (AvgIpc) is 2.64. The molecule has 1 unspecified atom stereocenters. The minimum atomic E-state index is -0.256. The van der Waals surface area contributed by atoms with E-state index in [1.807, 2.05) is 19.2 Å². The molecule has 19 heavy (non-hydrogen) atoms. The molecule has 0 saturated heterocycles.